The number of alkyl halides is 17. The second kappa shape index (κ2) is 9.07. The molecule has 0 aliphatic carbocycles. The minimum Gasteiger partial charge on any atom is -0.269 e. The highest BCUT2D eigenvalue weighted by atomic mass is 32.2. The molecule has 0 aromatic heterocycles. The van der Waals surface area contributed by atoms with E-state index in [4.69, 9.17) is 0 Å². The second-order valence-electron chi connectivity index (χ2n) is 6.58. The van der Waals surface area contributed by atoms with Crippen LogP contribution in [-0.2, 0) is 14.8 Å². The van der Waals surface area contributed by atoms with E-state index in [0.29, 0.717) is 0 Å². The zero-order chi connectivity index (χ0) is 29.8. The number of carbonyl (C=O) groups excluding carboxylic acids is 1. The Morgan fingerprint density at radius 2 is 0.972 bits per heavy atom. The smallest absolute Gasteiger partial charge is 0.269 e. The van der Waals surface area contributed by atoms with Crippen LogP contribution in [0.1, 0.15) is 13.3 Å². The summed E-state index contributed by atoms with van der Waals surface area (Å²) in [6, 6.07) is 0. The molecular formula is C14H10F17NO3S. The molecule has 0 heterocycles. The van der Waals surface area contributed by atoms with Crippen LogP contribution in [0, 0.1) is 0 Å². The summed E-state index contributed by atoms with van der Waals surface area (Å²) in [5, 5.41) is -7.78. The van der Waals surface area contributed by atoms with Gasteiger partial charge in [0.15, 0.2) is 0 Å². The predicted molar refractivity (Wildman–Crippen MR) is 81.8 cm³/mol. The van der Waals surface area contributed by atoms with E-state index in [1.165, 1.54) is 0 Å². The molecule has 4 nitrogen and oxygen atoms in total. The summed E-state index contributed by atoms with van der Waals surface area (Å²) >= 11 is 0. The molecule has 36 heavy (non-hydrogen) atoms. The summed E-state index contributed by atoms with van der Waals surface area (Å²) in [6.45, 7) is 1.75. The van der Waals surface area contributed by atoms with Crippen molar-refractivity contribution in [3.8, 4) is 0 Å². The van der Waals surface area contributed by atoms with E-state index >= 15 is 0 Å². The third-order valence-electron chi connectivity index (χ3n) is 4.15. The van der Waals surface area contributed by atoms with E-state index in [2.05, 4.69) is 6.58 Å². The number of carbonyl (C=O) groups is 1. The van der Waals surface area contributed by atoms with Crippen molar-refractivity contribution in [2.45, 2.75) is 60.3 Å². The van der Waals surface area contributed by atoms with Crippen LogP contribution in [-0.4, -0.2) is 72.1 Å². The molecule has 0 radical (unpaired) electrons. The first-order valence-corrected chi connectivity index (χ1v) is 9.77. The van der Waals surface area contributed by atoms with Gasteiger partial charge in [-0.3, -0.25) is 4.79 Å². The summed E-state index contributed by atoms with van der Waals surface area (Å²) in [4.78, 5) is 11.4. The lowest BCUT2D eigenvalue weighted by Crippen LogP contribution is -2.75. The minimum absolute atomic E-state index is 0.220. The van der Waals surface area contributed by atoms with Crippen LogP contribution in [0.5, 0.6) is 0 Å². The average molecular weight is 595 g/mol. The zero-order valence-electron chi connectivity index (χ0n) is 16.7. The number of nitrogens with zero attached hydrogens (tertiary/aromatic N) is 1. The molecule has 0 unspecified atom stereocenters. The largest absolute Gasteiger partial charge is 0.460 e. The Balaban J connectivity index is 7.16. The molecule has 0 aliphatic rings. The van der Waals surface area contributed by atoms with Crippen molar-refractivity contribution in [2.24, 2.45) is 0 Å². The maximum atomic E-state index is 14.0. The molecule has 0 spiro atoms. The van der Waals surface area contributed by atoms with Crippen molar-refractivity contribution in [2.75, 3.05) is 6.54 Å². The summed E-state index contributed by atoms with van der Waals surface area (Å²) in [5.74, 6) is -54.5. The lowest BCUT2D eigenvalue weighted by molar-refractivity contribution is -0.458. The van der Waals surface area contributed by atoms with Gasteiger partial charge in [-0.2, -0.15) is 83.1 Å². The van der Waals surface area contributed by atoms with E-state index in [1.54, 1.807) is 0 Å². The Kier molecular flexibility index (Phi) is 8.55. The number of halogens is 17. The molecular weight excluding hydrogens is 585 g/mol. The third kappa shape index (κ3) is 4.25. The van der Waals surface area contributed by atoms with Gasteiger partial charge < -0.3 is 0 Å². The quantitative estimate of drug-likeness (QED) is 0.227. The van der Waals surface area contributed by atoms with Gasteiger partial charge in [0, 0.05) is 6.54 Å². The van der Waals surface area contributed by atoms with Crippen LogP contribution in [0.4, 0.5) is 74.6 Å². The number of hydrogen-bond acceptors (Lipinski definition) is 3. The van der Waals surface area contributed by atoms with Crippen LogP contribution in [0.25, 0.3) is 0 Å². The second-order valence-corrected chi connectivity index (χ2v) is 8.48. The van der Waals surface area contributed by atoms with Gasteiger partial charge in [0.25, 0.3) is 5.91 Å². The first kappa shape index (κ1) is 34.0. The molecule has 0 N–H and O–H groups in total. The van der Waals surface area contributed by atoms with E-state index in [0.717, 1.165) is 6.92 Å². The topological polar surface area (TPSA) is 54.5 Å². The molecule has 1 amide bonds. The standard InChI is InChI=1S/C14H10F17NO3S/c1-3-5-32(6(33)4-2)36(34,35)14(30,31)12(25,26)10(21,22)8(17,18)7(15,16)9(19,20)11(23,24)13(27,28)29/h4H,2-3,5H2,1H3. The molecule has 0 aromatic rings. The molecule has 0 saturated heterocycles. The van der Waals surface area contributed by atoms with Gasteiger partial charge in [-0.25, -0.2) is 4.31 Å². The third-order valence-corrected chi connectivity index (χ3v) is 6.00. The van der Waals surface area contributed by atoms with E-state index < -0.39 is 80.2 Å². The van der Waals surface area contributed by atoms with Crippen molar-refractivity contribution in [3.63, 3.8) is 0 Å². The van der Waals surface area contributed by atoms with E-state index in [-0.39, 0.29) is 6.08 Å². The van der Waals surface area contributed by atoms with Crippen LogP contribution < -0.4 is 0 Å². The first-order chi connectivity index (χ1) is 15.4. The van der Waals surface area contributed by atoms with Gasteiger partial charge in [0.1, 0.15) is 0 Å². The van der Waals surface area contributed by atoms with Crippen molar-refractivity contribution >= 4 is 15.9 Å². The summed E-state index contributed by atoms with van der Waals surface area (Å²) in [6.07, 6.45) is -8.90. The highest BCUT2D eigenvalue weighted by molar-refractivity contribution is 7.90. The summed E-state index contributed by atoms with van der Waals surface area (Å²) < 4.78 is 247. The Bertz CT molecular complexity index is 954. The Morgan fingerprint density at radius 1 is 0.667 bits per heavy atom. The molecule has 0 atom stereocenters. The van der Waals surface area contributed by atoms with Gasteiger partial charge in [-0.15, -0.1) is 0 Å². The SMILES string of the molecule is C=CC(=O)N(CCC)S(=O)(=O)C(F)(F)C(F)(F)C(F)(F)C(F)(F)C(F)(F)C(F)(F)C(F)(F)C(F)(F)F. The van der Waals surface area contributed by atoms with E-state index in [1.807, 2.05) is 0 Å². The molecule has 0 aromatic carbocycles. The predicted octanol–water partition coefficient (Wildman–Crippen LogP) is 5.71. The maximum absolute atomic E-state index is 14.0. The number of rotatable bonds is 11. The average Bonchev–Trinajstić information content (AvgIpc) is 2.69. The van der Waals surface area contributed by atoms with Gasteiger partial charge in [0.2, 0.25) is 0 Å². The summed E-state index contributed by atoms with van der Waals surface area (Å²) in [5.41, 5.74) is 0. The molecule has 214 valence electrons. The molecule has 0 fully saturated rings. The van der Waals surface area contributed by atoms with Crippen LogP contribution in [0.2, 0.25) is 0 Å². The van der Waals surface area contributed by atoms with Crippen LogP contribution >= 0.6 is 0 Å². The van der Waals surface area contributed by atoms with Crippen LogP contribution in [0.15, 0.2) is 12.7 Å². The van der Waals surface area contributed by atoms with Crippen molar-refractivity contribution < 1.29 is 87.8 Å². The number of sulfonamides is 1. The van der Waals surface area contributed by atoms with Gasteiger partial charge in [-0.05, 0) is 12.5 Å². The van der Waals surface area contributed by atoms with Gasteiger partial charge in [-0.1, -0.05) is 13.5 Å². The Hall–Kier alpha value is -2.03. The monoisotopic (exact) mass is 595 g/mol. The highest BCUT2D eigenvalue weighted by Crippen LogP contribution is 2.64. The zero-order valence-corrected chi connectivity index (χ0v) is 17.5. The van der Waals surface area contributed by atoms with Crippen LogP contribution in [0.3, 0.4) is 0 Å². The van der Waals surface area contributed by atoms with Gasteiger partial charge >= 0.3 is 57.0 Å². The normalized spacial score (nSPS) is 15.6. The van der Waals surface area contributed by atoms with Crippen molar-refractivity contribution in [1.29, 1.82) is 0 Å². The number of amides is 1. The fourth-order valence-electron chi connectivity index (χ4n) is 2.10. The molecule has 22 heteroatoms. The molecule has 0 saturated carbocycles. The fraction of sp³-hybridized carbons (Fsp3) is 0.786. The lowest BCUT2D eigenvalue weighted by atomic mass is 9.91. The van der Waals surface area contributed by atoms with Crippen molar-refractivity contribution in [1.82, 2.24) is 4.31 Å². The van der Waals surface area contributed by atoms with Gasteiger partial charge in [0.05, 0.1) is 0 Å². The molecule has 0 rings (SSSR count). The molecule has 0 bridgehead atoms. The lowest BCUT2D eigenvalue weighted by Gasteiger charge is -2.42. The minimum atomic E-state index is -8.93. The molecule has 0 aliphatic heterocycles. The fourth-order valence-corrected chi connectivity index (χ4v) is 3.57. The first-order valence-electron chi connectivity index (χ1n) is 8.33. The summed E-state index contributed by atoms with van der Waals surface area (Å²) in [7, 11) is -7.65. The Morgan fingerprint density at radius 3 is 1.25 bits per heavy atom. The van der Waals surface area contributed by atoms with Crippen molar-refractivity contribution in [3.05, 3.63) is 12.7 Å². The Labute approximate surface area is 188 Å². The van der Waals surface area contributed by atoms with E-state index in [9.17, 15) is 87.8 Å². The number of hydrogen-bond donors (Lipinski definition) is 0. The maximum Gasteiger partial charge on any atom is 0.460 e. The highest BCUT2D eigenvalue weighted by Gasteiger charge is 2.96.